The molecule has 0 aliphatic rings. The molecule has 2 aromatic rings. The second-order valence-corrected chi connectivity index (χ2v) is 13.0. The first-order chi connectivity index (χ1) is 20.4. The standard InChI is InChI=1S/C34H51N3O5S/c1-8-9-10-11-12-15-22-37(32(40)28(21-23-43-7)36-33(41)42-34(4,5)6)29(26-19-16-18-25(3)30(26)38)31(39)35-27-20-14-13-17-24(27)2/h13-14,16-20,28-29,38H,8-12,15,21-23H2,1-7H3,(H,35,39)(H,36,41). The number of hydrogen-bond acceptors (Lipinski definition) is 6. The number of rotatable bonds is 16. The Hall–Kier alpha value is -3.20. The summed E-state index contributed by atoms with van der Waals surface area (Å²) in [6.45, 7) is 11.4. The van der Waals surface area contributed by atoms with Crippen LogP contribution in [0, 0.1) is 13.8 Å². The third-order valence-corrected chi connectivity index (χ3v) is 7.81. The van der Waals surface area contributed by atoms with E-state index >= 15 is 0 Å². The van der Waals surface area contributed by atoms with Crippen LogP contribution in [0.4, 0.5) is 10.5 Å². The van der Waals surface area contributed by atoms with E-state index in [1.54, 1.807) is 57.7 Å². The summed E-state index contributed by atoms with van der Waals surface area (Å²) in [4.78, 5) is 43.0. The van der Waals surface area contributed by atoms with Crippen LogP contribution >= 0.6 is 11.8 Å². The maximum absolute atomic E-state index is 14.4. The van der Waals surface area contributed by atoms with Gasteiger partial charge in [0.1, 0.15) is 23.4 Å². The quantitative estimate of drug-likeness (QED) is 0.169. The summed E-state index contributed by atoms with van der Waals surface area (Å²) in [6, 6.07) is 10.6. The molecule has 43 heavy (non-hydrogen) atoms. The van der Waals surface area contributed by atoms with Crippen molar-refractivity contribution >= 4 is 35.4 Å². The number of para-hydroxylation sites is 2. The summed E-state index contributed by atoms with van der Waals surface area (Å²) in [5.41, 5.74) is 1.71. The Bertz CT molecular complexity index is 1200. The molecule has 0 saturated heterocycles. The topological polar surface area (TPSA) is 108 Å². The molecule has 0 aromatic heterocycles. The average molecular weight is 614 g/mol. The van der Waals surface area contributed by atoms with Crippen LogP contribution in [0.5, 0.6) is 5.75 Å². The number of nitrogens with zero attached hydrogens (tertiary/aromatic N) is 1. The largest absolute Gasteiger partial charge is 0.507 e. The number of aryl methyl sites for hydroxylation is 2. The summed E-state index contributed by atoms with van der Waals surface area (Å²) in [7, 11) is 0. The summed E-state index contributed by atoms with van der Waals surface area (Å²) >= 11 is 1.57. The number of hydrogen-bond donors (Lipinski definition) is 3. The van der Waals surface area contributed by atoms with Gasteiger partial charge in [0.25, 0.3) is 5.91 Å². The molecule has 2 aromatic carbocycles. The lowest BCUT2D eigenvalue weighted by Gasteiger charge is -2.35. The first-order valence-electron chi connectivity index (χ1n) is 15.3. The van der Waals surface area contributed by atoms with Gasteiger partial charge in [-0.25, -0.2) is 4.79 Å². The van der Waals surface area contributed by atoms with E-state index in [-0.39, 0.29) is 18.2 Å². The Kier molecular flexibility index (Phi) is 14.9. The number of unbranched alkanes of at least 4 members (excludes halogenated alkanes) is 5. The summed E-state index contributed by atoms with van der Waals surface area (Å²) < 4.78 is 5.49. The maximum atomic E-state index is 14.4. The Labute approximate surface area is 262 Å². The number of carbonyl (C=O) groups is 3. The van der Waals surface area contributed by atoms with Gasteiger partial charge in [0, 0.05) is 17.8 Å². The lowest BCUT2D eigenvalue weighted by molar-refractivity contribution is -0.141. The van der Waals surface area contributed by atoms with E-state index in [4.69, 9.17) is 4.74 Å². The van der Waals surface area contributed by atoms with Crippen LogP contribution in [0.2, 0.25) is 0 Å². The van der Waals surface area contributed by atoms with E-state index in [0.717, 1.165) is 37.7 Å². The van der Waals surface area contributed by atoms with Gasteiger partial charge in [0.2, 0.25) is 5.91 Å². The van der Waals surface area contributed by atoms with Gasteiger partial charge in [0.15, 0.2) is 0 Å². The van der Waals surface area contributed by atoms with Crippen molar-refractivity contribution in [1.82, 2.24) is 10.2 Å². The average Bonchev–Trinajstić information content (AvgIpc) is 2.94. The zero-order valence-corrected chi connectivity index (χ0v) is 27.8. The molecule has 0 aliphatic carbocycles. The van der Waals surface area contributed by atoms with Gasteiger partial charge in [-0.3, -0.25) is 9.59 Å². The van der Waals surface area contributed by atoms with Gasteiger partial charge in [-0.05, 0) is 76.7 Å². The van der Waals surface area contributed by atoms with E-state index in [1.165, 1.54) is 4.90 Å². The number of aromatic hydroxyl groups is 1. The van der Waals surface area contributed by atoms with Crippen LogP contribution < -0.4 is 10.6 Å². The number of thioether (sulfide) groups is 1. The second kappa shape index (κ2) is 17.8. The Morgan fingerprint density at radius 3 is 2.26 bits per heavy atom. The molecule has 2 atom stereocenters. The Balaban J connectivity index is 2.56. The van der Waals surface area contributed by atoms with E-state index in [2.05, 4.69) is 17.6 Å². The zero-order valence-electron chi connectivity index (χ0n) is 27.0. The van der Waals surface area contributed by atoms with Crippen LogP contribution in [-0.2, 0) is 14.3 Å². The highest BCUT2D eigenvalue weighted by molar-refractivity contribution is 7.98. The number of carbonyl (C=O) groups excluding carboxylic acids is 3. The Morgan fingerprint density at radius 2 is 1.60 bits per heavy atom. The predicted molar refractivity (Wildman–Crippen MR) is 177 cm³/mol. The molecule has 0 saturated carbocycles. The van der Waals surface area contributed by atoms with E-state index < -0.39 is 29.7 Å². The van der Waals surface area contributed by atoms with Crippen molar-refractivity contribution < 1.29 is 24.2 Å². The highest BCUT2D eigenvalue weighted by atomic mass is 32.2. The first kappa shape index (κ1) is 36.0. The fraction of sp³-hybridized carbons (Fsp3) is 0.559. The maximum Gasteiger partial charge on any atom is 0.408 e. The number of amides is 3. The molecule has 3 amide bonds. The number of alkyl carbamates (subject to hydrolysis) is 1. The molecule has 2 unspecified atom stereocenters. The van der Waals surface area contributed by atoms with Crippen molar-refractivity contribution in [3.8, 4) is 5.75 Å². The van der Waals surface area contributed by atoms with Gasteiger partial charge in [-0.15, -0.1) is 0 Å². The van der Waals surface area contributed by atoms with Crippen molar-refractivity contribution in [2.75, 3.05) is 23.9 Å². The number of ether oxygens (including phenoxy) is 1. The summed E-state index contributed by atoms with van der Waals surface area (Å²) in [5, 5.41) is 17.0. The minimum atomic E-state index is -1.13. The lowest BCUT2D eigenvalue weighted by Crippen LogP contribution is -2.52. The molecule has 2 rings (SSSR count). The molecule has 238 valence electrons. The number of benzene rings is 2. The van der Waals surface area contributed by atoms with Crippen LogP contribution in [0.3, 0.4) is 0 Å². The van der Waals surface area contributed by atoms with Crippen LogP contribution in [-0.4, -0.2) is 58.1 Å². The zero-order chi connectivity index (χ0) is 32.0. The molecule has 0 heterocycles. The summed E-state index contributed by atoms with van der Waals surface area (Å²) in [6.07, 6.45) is 7.59. The number of phenolic OH excluding ortho intramolecular Hbond substituents is 1. The molecule has 0 radical (unpaired) electrons. The molecule has 0 spiro atoms. The molecule has 0 aliphatic heterocycles. The molecular formula is C34H51N3O5S. The monoisotopic (exact) mass is 613 g/mol. The smallest absolute Gasteiger partial charge is 0.408 e. The fourth-order valence-electron chi connectivity index (χ4n) is 4.84. The molecule has 3 N–H and O–H groups in total. The van der Waals surface area contributed by atoms with Crippen LogP contribution in [0.25, 0.3) is 0 Å². The van der Waals surface area contributed by atoms with Gasteiger partial charge in [0.05, 0.1) is 0 Å². The van der Waals surface area contributed by atoms with Crippen LogP contribution in [0.1, 0.15) is 95.4 Å². The highest BCUT2D eigenvalue weighted by Gasteiger charge is 2.37. The molecule has 8 nitrogen and oxygen atoms in total. The van der Waals surface area contributed by atoms with Gasteiger partial charge < -0.3 is 25.4 Å². The van der Waals surface area contributed by atoms with Crippen molar-refractivity contribution in [2.24, 2.45) is 0 Å². The first-order valence-corrected chi connectivity index (χ1v) is 16.7. The third-order valence-electron chi connectivity index (χ3n) is 7.16. The van der Waals surface area contributed by atoms with Crippen LogP contribution in [0.15, 0.2) is 42.5 Å². The van der Waals surface area contributed by atoms with E-state index in [9.17, 15) is 19.5 Å². The molecule has 0 fully saturated rings. The number of anilines is 1. The molecular weight excluding hydrogens is 562 g/mol. The lowest BCUT2D eigenvalue weighted by atomic mass is 9.98. The van der Waals surface area contributed by atoms with Gasteiger partial charge in [-0.1, -0.05) is 75.4 Å². The van der Waals surface area contributed by atoms with Crippen molar-refractivity contribution in [1.29, 1.82) is 0 Å². The minimum absolute atomic E-state index is 0.0334. The SMILES string of the molecule is CCCCCCCCN(C(=O)C(CCSC)NC(=O)OC(C)(C)C)C(C(=O)Nc1ccccc1C)c1cccc(C)c1O. The predicted octanol–water partition coefficient (Wildman–Crippen LogP) is 7.52. The van der Waals surface area contributed by atoms with Crippen molar-refractivity contribution in [3.05, 3.63) is 59.2 Å². The molecule has 9 heteroatoms. The van der Waals surface area contributed by atoms with Gasteiger partial charge in [-0.2, -0.15) is 11.8 Å². The highest BCUT2D eigenvalue weighted by Crippen LogP contribution is 2.34. The van der Waals surface area contributed by atoms with Crippen molar-refractivity contribution in [3.63, 3.8) is 0 Å². The summed E-state index contributed by atoms with van der Waals surface area (Å²) in [5.74, 6) is -0.240. The fourth-order valence-corrected chi connectivity index (χ4v) is 5.31. The van der Waals surface area contributed by atoms with Crippen molar-refractivity contribution in [2.45, 2.75) is 104 Å². The second-order valence-electron chi connectivity index (χ2n) is 12.0. The number of phenols is 1. The molecule has 0 bridgehead atoms. The third kappa shape index (κ3) is 11.8. The normalized spacial score (nSPS) is 12.7. The van der Waals surface area contributed by atoms with Gasteiger partial charge >= 0.3 is 6.09 Å². The Morgan fingerprint density at radius 1 is 0.953 bits per heavy atom. The van der Waals surface area contributed by atoms with E-state index in [0.29, 0.717) is 35.4 Å². The number of nitrogens with one attached hydrogen (secondary N) is 2. The minimum Gasteiger partial charge on any atom is -0.507 e. The van der Waals surface area contributed by atoms with E-state index in [1.807, 2.05) is 37.4 Å².